The zero-order valence-electron chi connectivity index (χ0n) is 10.9. The van der Waals surface area contributed by atoms with Crippen molar-refractivity contribution in [3.8, 4) is 0 Å². The molecule has 0 saturated carbocycles. The summed E-state index contributed by atoms with van der Waals surface area (Å²) < 4.78 is 5.65. The van der Waals surface area contributed by atoms with E-state index in [1.807, 2.05) is 11.8 Å². The molecular formula is C13H24N2O2. The van der Waals surface area contributed by atoms with E-state index >= 15 is 0 Å². The Kier molecular flexibility index (Phi) is 4.05. The Hall–Kier alpha value is -0.610. The molecule has 2 heterocycles. The second-order valence-corrected chi connectivity index (χ2v) is 5.56. The molecule has 2 saturated heterocycles. The predicted molar refractivity (Wildman–Crippen MR) is 66.5 cm³/mol. The van der Waals surface area contributed by atoms with Gasteiger partial charge in [0.05, 0.1) is 6.10 Å². The number of carbonyl (C=O) groups excluding carboxylic acids is 1. The molecule has 2 rings (SSSR count). The zero-order chi connectivity index (χ0) is 12.4. The van der Waals surface area contributed by atoms with Gasteiger partial charge in [-0.1, -0.05) is 6.92 Å². The van der Waals surface area contributed by atoms with Crippen molar-refractivity contribution in [2.75, 3.05) is 19.6 Å². The van der Waals surface area contributed by atoms with Crippen LogP contribution in [0.3, 0.4) is 0 Å². The van der Waals surface area contributed by atoms with Crippen LogP contribution in [0.5, 0.6) is 0 Å². The number of hydrogen-bond donors (Lipinski definition) is 1. The quantitative estimate of drug-likeness (QED) is 0.783. The molecule has 1 amide bonds. The van der Waals surface area contributed by atoms with Gasteiger partial charge < -0.3 is 15.4 Å². The van der Waals surface area contributed by atoms with Gasteiger partial charge in [0.1, 0.15) is 6.10 Å². The topological polar surface area (TPSA) is 55.6 Å². The molecule has 0 aromatic carbocycles. The standard InChI is InChI=1S/C13H24N2O2/c1-9-5-6-15(8-11(9)7-14)13(16)12-4-3-10(2)17-12/h9-12H,3-8,14H2,1-2H3. The molecule has 2 N–H and O–H groups in total. The molecule has 4 nitrogen and oxygen atoms in total. The van der Waals surface area contributed by atoms with Crippen LogP contribution < -0.4 is 5.73 Å². The summed E-state index contributed by atoms with van der Waals surface area (Å²) in [5, 5.41) is 0. The minimum absolute atomic E-state index is 0.180. The first-order valence-electron chi connectivity index (χ1n) is 6.76. The number of nitrogens with two attached hydrogens (primary N) is 1. The summed E-state index contributed by atoms with van der Waals surface area (Å²) in [6.45, 7) is 6.62. The number of ether oxygens (including phenoxy) is 1. The Bertz CT molecular complexity index is 283. The third-order valence-electron chi connectivity index (χ3n) is 4.24. The largest absolute Gasteiger partial charge is 0.365 e. The summed E-state index contributed by atoms with van der Waals surface area (Å²) in [5.74, 6) is 1.26. The fourth-order valence-electron chi connectivity index (χ4n) is 2.84. The Morgan fingerprint density at radius 3 is 2.71 bits per heavy atom. The number of carbonyl (C=O) groups is 1. The zero-order valence-corrected chi connectivity index (χ0v) is 10.9. The first-order chi connectivity index (χ1) is 8.11. The van der Waals surface area contributed by atoms with Crippen molar-refractivity contribution in [2.45, 2.75) is 45.3 Å². The molecule has 98 valence electrons. The Balaban J connectivity index is 1.91. The lowest BCUT2D eigenvalue weighted by Gasteiger charge is -2.37. The number of nitrogens with zero attached hydrogens (tertiary/aromatic N) is 1. The van der Waals surface area contributed by atoms with Crippen LogP contribution >= 0.6 is 0 Å². The summed E-state index contributed by atoms with van der Waals surface area (Å²) in [5.41, 5.74) is 5.76. The number of piperidine rings is 1. The van der Waals surface area contributed by atoms with Gasteiger partial charge in [-0.15, -0.1) is 0 Å². The van der Waals surface area contributed by atoms with Crippen molar-refractivity contribution in [1.29, 1.82) is 0 Å². The molecule has 2 aliphatic rings. The molecule has 4 heteroatoms. The lowest BCUT2D eigenvalue weighted by atomic mass is 9.87. The summed E-state index contributed by atoms with van der Waals surface area (Å²) in [7, 11) is 0. The lowest BCUT2D eigenvalue weighted by Crippen LogP contribution is -2.48. The molecule has 4 unspecified atom stereocenters. The Morgan fingerprint density at radius 2 is 2.12 bits per heavy atom. The van der Waals surface area contributed by atoms with Crippen molar-refractivity contribution in [3.05, 3.63) is 0 Å². The fourth-order valence-corrected chi connectivity index (χ4v) is 2.84. The van der Waals surface area contributed by atoms with E-state index in [-0.39, 0.29) is 18.1 Å². The fraction of sp³-hybridized carbons (Fsp3) is 0.923. The van der Waals surface area contributed by atoms with Gasteiger partial charge in [0.15, 0.2) is 0 Å². The highest BCUT2D eigenvalue weighted by molar-refractivity contribution is 5.81. The van der Waals surface area contributed by atoms with Gasteiger partial charge in [0, 0.05) is 13.1 Å². The highest BCUT2D eigenvalue weighted by atomic mass is 16.5. The van der Waals surface area contributed by atoms with Crippen molar-refractivity contribution in [2.24, 2.45) is 17.6 Å². The maximum absolute atomic E-state index is 12.3. The van der Waals surface area contributed by atoms with E-state index < -0.39 is 0 Å². The maximum atomic E-state index is 12.3. The summed E-state index contributed by atoms with van der Waals surface area (Å²) in [6.07, 6.45) is 2.98. The van der Waals surface area contributed by atoms with E-state index in [1.165, 1.54) is 0 Å². The SMILES string of the molecule is CC1CCC(C(=O)N2CCC(C)C(CN)C2)O1. The van der Waals surface area contributed by atoms with Gasteiger partial charge in [0.2, 0.25) is 0 Å². The van der Waals surface area contributed by atoms with Crippen LogP contribution in [0, 0.1) is 11.8 Å². The van der Waals surface area contributed by atoms with E-state index in [0.29, 0.717) is 18.4 Å². The molecule has 17 heavy (non-hydrogen) atoms. The van der Waals surface area contributed by atoms with Gasteiger partial charge in [-0.25, -0.2) is 0 Å². The molecule has 0 radical (unpaired) electrons. The third-order valence-corrected chi connectivity index (χ3v) is 4.24. The van der Waals surface area contributed by atoms with Crippen molar-refractivity contribution >= 4 is 5.91 Å². The number of amides is 1. The number of likely N-dealkylation sites (tertiary alicyclic amines) is 1. The second kappa shape index (κ2) is 5.36. The Labute approximate surface area is 103 Å². The summed E-state index contributed by atoms with van der Waals surface area (Å²) in [6, 6.07) is 0. The third kappa shape index (κ3) is 2.80. The second-order valence-electron chi connectivity index (χ2n) is 5.56. The first-order valence-corrected chi connectivity index (χ1v) is 6.76. The monoisotopic (exact) mass is 240 g/mol. The molecule has 0 spiro atoms. The number of rotatable bonds is 2. The van der Waals surface area contributed by atoms with E-state index in [9.17, 15) is 4.79 Å². The van der Waals surface area contributed by atoms with E-state index in [0.717, 1.165) is 32.4 Å². The van der Waals surface area contributed by atoms with Crippen LogP contribution in [-0.4, -0.2) is 42.6 Å². The van der Waals surface area contributed by atoms with Gasteiger partial charge in [0.25, 0.3) is 5.91 Å². The van der Waals surface area contributed by atoms with Crippen molar-refractivity contribution in [3.63, 3.8) is 0 Å². The van der Waals surface area contributed by atoms with Gasteiger partial charge in [-0.2, -0.15) is 0 Å². The normalized spacial score (nSPS) is 38.4. The summed E-state index contributed by atoms with van der Waals surface area (Å²) >= 11 is 0. The van der Waals surface area contributed by atoms with Crippen LogP contribution in [0.2, 0.25) is 0 Å². The molecule has 0 aromatic rings. The predicted octanol–water partition coefficient (Wildman–Crippen LogP) is 0.997. The first kappa shape index (κ1) is 12.8. The van der Waals surface area contributed by atoms with Crippen LogP contribution in [0.15, 0.2) is 0 Å². The molecule has 0 bridgehead atoms. The summed E-state index contributed by atoms with van der Waals surface area (Å²) in [4.78, 5) is 14.2. The molecule has 0 aliphatic carbocycles. The molecule has 4 atom stereocenters. The van der Waals surface area contributed by atoms with E-state index in [2.05, 4.69) is 6.92 Å². The lowest BCUT2D eigenvalue weighted by molar-refractivity contribution is -0.145. The maximum Gasteiger partial charge on any atom is 0.251 e. The molecule has 0 aromatic heterocycles. The van der Waals surface area contributed by atoms with Crippen LogP contribution in [0.1, 0.15) is 33.1 Å². The van der Waals surface area contributed by atoms with E-state index in [4.69, 9.17) is 10.5 Å². The van der Waals surface area contributed by atoms with E-state index in [1.54, 1.807) is 0 Å². The van der Waals surface area contributed by atoms with Crippen molar-refractivity contribution in [1.82, 2.24) is 4.90 Å². The van der Waals surface area contributed by atoms with Gasteiger partial charge in [-0.3, -0.25) is 4.79 Å². The average Bonchev–Trinajstić information content (AvgIpc) is 2.75. The highest BCUT2D eigenvalue weighted by Crippen LogP contribution is 2.26. The van der Waals surface area contributed by atoms with Crippen LogP contribution in [0.25, 0.3) is 0 Å². The van der Waals surface area contributed by atoms with Crippen LogP contribution in [-0.2, 0) is 9.53 Å². The van der Waals surface area contributed by atoms with Crippen LogP contribution in [0.4, 0.5) is 0 Å². The minimum Gasteiger partial charge on any atom is -0.365 e. The number of hydrogen-bond acceptors (Lipinski definition) is 3. The molecular weight excluding hydrogens is 216 g/mol. The van der Waals surface area contributed by atoms with Gasteiger partial charge in [-0.05, 0) is 44.6 Å². The Morgan fingerprint density at radius 1 is 1.35 bits per heavy atom. The van der Waals surface area contributed by atoms with Gasteiger partial charge >= 0.3 is 0 Å². The average molecular weight is 240 g/mol. The molecule has 2 fully saturated rings. The van der Waals surface area contributed by atoms with Crippen molar-refractivity contribution < 1.29 is 9.53 Å². The molecule has 2 aliphatic heterocycles. The highest BCUT2D eigenvalue weighted by Gasteiger charge is 2.35. The smallest absolute Gasteiger partial charge is 0.251 e. The minimum atomic E-state index is -0.197.